The summed E-state index contributed by atoms with van der Waals surface area (Å²) >= 11 is 0. The molecule has 1 aliphatic heterocycles. The highest BCUT2D eigenvalue weighted by molar-refractivity contribution is 5.92. The highest BCUT2D eigenvalue weighted by Crippen LogP contribution is 2.30. The smallest absolute Gasteiger partial charge is 0.272 e. The first kappa shape index (κ1) is 11.7. The van der Waals surface area contributed by atoms with E-state index in [2.05, 4.69) is 5.10 Å². The molecule has 1 aromatic heterocycles. The molecule has 18 heavy (non-hydrogen) atoms. The van der Waals surface area contributed by atoms with Gasteiger partial charge in [0, 0.05) is 32.9 Å². The molecule has 1 aliphatic carbocycles. The van der Waals surface area contributed by atoms with Gasteiger partial charge in [0.2, 0.25) is 0 Å². The average Bonchev–Trinajstić information content (AvgIpc) is 2.90. The molecule has 2 heterocycles. The molecule has 98 valence electrons. The average molecular weight is 249 g/mol. The van der Waals surface area contributed by atoms with Crippen LogP contribution in [0, 0.1) is 5.92 Å². The molecule has 5 nitrogen and oxygen atoms in total. The first-order valence-electron chi connectivity index (χ1n) is 6.63. The number of aromatic nitrogens is 2. The van der Waals surface area contributed by atoms with Gasteiger partial charge in [-0.1, -0.05) is 0 Å². The van der Waals surface area contributed by atoms with Crippen LogP contribution in [0.1, 0.15) is 29.8 Å². The summed E-state index contributed by atoms with van der Waals surface area (Å²) in [5.74, 6) is 0.847. The largest absolute Gasteiger partial charge is 0.376 e. The van der Waals surface area contributed by atoms with Crippen molar-refractivity contribution in [1.82, 2.24) is 14.7 Å². The van der Waals surface area contributed by atoms with Crippen LogP contribution in [0.5, 0.6) is 0 Å². The molecule has 1 saturated heterocycles. The minimum Gasteiger partial charge on any atom is -0.376 e. The number of rotatable bonds is 4. The third kappa shape index (κ3) is 2.41. The SMILES string of the molecule is Cn1nccc1C(=O)N1CCC(OCC2CC2)C1. The molecule has 0 N–H and O–H groups in total. The maximum Gasteiger partial charge on any atom is 0.272 e. The van der Waals surface area contributed by atoms with Crippen LogP contribution in [0.4, 0.5) is 0 Å². The van der Waals surface area contributed by atoms with Gasteiger partial charge in [0.1, 0.15) is 5.69 Å². The Balaban J connectivity index is 1.54. The number of hydrogen-bond donors (Lipinski definition) is 0. The molecule has 1 saturated carbocycles. The van der Waals surface area contributed by atoms with E-state index in [1.807, 2.05) is 4.90 Å². The summed E-state index contributed by atoms with van der Waals surface area (Å²) in [6.45, 7) is 2.38. The van der Waals surface area contributed by atoms with Crippen LogP contribution in [0.15, 0.2) is 12.3 Å². The van der Waals surface area contributed by atoms with Crippen molar-refractivity contribution < 1.29 is 9.53 Å². The summed E-state index contributed by atoms with van der Waals surface area (Å²) in [6.07, 6.45) is 5.46. The van der Waals surface area contributed by atoms with Gasteiger partial charge >= 0.3 is 0 Å². The van der Waals surface area contributed by atoms with Crippen LogP contribution in [0.25, 0.3) is 0 Å². The molecule has 1 atom stereocenters. The zero-order valence-corrected chi connectivity index (χ0v) is 10.7. The summed E-state index contributed by atoms with van der Waals surface area (Å²) in [6, 6.07) is 1.76. The highest BCUT2D eigenvalue weighted by atomic mass is 16.5. The van der Waals surface area contributed by atoms with Crippen LogP contribution in [0.2, 0.25) is 0 Å². The number of aryl methyl sites for hydroxylation is 1. The predicted molar refractivity (Wildman–Crippen MR) is 66.2 cm³/mol. The van der Waals surface area contributed by atoms with E-state index >= 15 is 0 Å². The second-order valence-corrected chi connectivity index (χ2v) is 5.28. The summed E-state index contributed by atoms with van der Waals surface area (Å²) in [5, 5.41) is 4.03. The fourth-order valence-corrected chi connectivity index (χ4v) is 2.35. The first-order valence-corrected chi connectivity index (χ1v) is 6.63. The molecule has 0 aromatic carbocycles. The number of carbonyl (C=O) groups excluding carboxylic acids is 1. The molecule has 3 rings (SSSR count). The normalized spacial score (nSPS) is 23.6. The lowest BCUT2D eigenvalue weighted by molar-refractivity contribution is 0.0477. The Hall–Kier alpha value is -1.36. The summed E-state index contributed by atoms with van der Waals surface area (Å²) < 4.78 is 7.46. The molecule has 1 unspecified atom stereocenters. The number of ether oxygens (including phenoxy) is 1. The predicted octanol–water partition coefficient (Wildman–Crippen LogP) is 1.06. The second-order valence-electron chi connectivity index (χ2n) is 5.28. The number of nitrogens with zero attached hydrogens (tertiary/aromatic N) is 3. The minimum absolute atomic E-state index is 0.0625. The monoisotopic (exact) mass is 249 g/mol. The van der Waals surface area contributed by atoms with Crippen molar-refractivity contribution in [2.45, 2.75) is 25.4 Å². The Morgan fingerprint density at radius 3 is 3.00 bits per heavy atom. The molecule has 0 bridgehead atoms. The van der Waals surface area contributed by atoms with Crippen molar-refractivity contribution in [3.63, 3.8) is 0 Å². The van der Waals surface area contributed by atoms with E-state index in [4.69, 9.17) is 4.74 Å². The Bertz CT molecular complexity index is 439. The van der Waals surface area contributed by atoms with Crippen LogP contribution >= 0.6 is 0 Å². The molecular weight excluding hydrogens is 230 g/mol. The van der Waals surface area contributed by atoms with Gasteiger partial charge in [-0.25, -0.2) is 0 Å². The van der Waals surface area contributed by atoms with E-state index in [1.165, 1.54) is 12.8 Å². The lowest BCUT2D eigenvalue weighted by Gasteiger charge is -2.16. The third-order valence-corrected chi connectivity index (χ3v) is 3.74. The third-order valence-electron chi connectivity index (χ3n) is 3.74. The molecule has 1 amide bonds. The Morgan fingerprint density at radius 1 is 1.50 bits per heavy atom. The van der Waals surface area contributed by atoms with E-state index in [0.717, 1.165) is 32.0 Å². The molecule has 2 aliphatic rings. The summed E-state index contributed by atoms with van der Waals surface area (Å²) in [7, 11) is 1.80. The summed E-state index contributed by atoms with van der Waals surface area (Å²) in [4.78, 5) is 14.1. The van der Waals surface area contributed by atoms with Crippen LogP contribution in [-0.4, -0.2) is 46.4 Å². The molecule has 0 spiro atoms. The minimum atomic E-state index is 0.0625. The van der Waals surface area contributed by atoms with E-state index < -0.39 is 0 Å². The van der Waals surface area contributed by atoms with Crippen molar-refractivity contribution in [3.05, 3.63) is 18.0 Å². The topological polar surface area (TPSA) is 47.4 Å². The van der Waals surface area contributed by atoms with Crippen molar-refractivity contribution in [1.29, 1.82) is 0 Å². The maximum absolute atomic E-state index is 12.2. The van der Waals surface area contributed by atoms with Crippen molar-refractivity contribution in [2.75, 3.05) is 19.7 Å². The molecule has 1 aromatic rings. The quantitative estimate of drug-likeness (QED) is 0.801. The van der Waals surface area contributed by atoms with Gasteiger partial charge in [0.05, 0.1) is 6.10 Å². The van der Waals surface area contributed by atoms with Gasteiger partial charge in [-0.2, -0.15) is 5.10 Å². The lowest BCUT2D eigenvalue weighted by Crippen LogP contribution is -2.31. The van der Waals surface area contributed by atoms with Crippen LogP contribution < -0.4 is 0 Å². The van der Waals surface area contributed by atoms with Gasteiger partial charge in [-0.15, -0.1) is 0 Å². The van der Waals surface area contributed by atoms with Gasteiger partial charge < -0.3 is 9.64 Å². The standard InChI is InChI=1S/C13H19N3O2/c1-15-12(4-6-14-15)13(17)16-7-5-11(8-16)18-9-10-2-3-10/h4,6,10-11H,2-3,5,7-9H2,1H3. The zero-order chi connectivity index (χ0) is 12.5. The van der Waals surface area contributed by atoms with Gasteiger partial charge in [0.15, 0.2) is 0 Å². The molecule has 2 fully saturated rings. The summed E-state index contributed by atoms with van der Waals surface area (Å²) in [5.41, 5.74) is 0.651. The number of amides is 1. The highest BCUT2D eigenvalue weighted by Gasteiger charge is 2.30. The van der Waals surface area contributed by atoms with E-state index in [0.29, 0.717) is 5.69 Å². The molecule has 0 radical (unpaired) electrons. The number of hydrogen-bond acceptors (Lipinski definition) is 3. The van der Waals surface area contributed by atoms with Gasteiger partial charge in [0.25, 0.3) is 5.91 Å². The van der Waals surface area contributed by atoms with E-state index in [-0.39, 0.29) is 12.0 Å². The first-order chi connectivity index (χ1) is 8.74. The molecule has 5 heteroatoms. The van der Waals surface area contributed by atoms with E-state index in [1.54, 1.807) is 24.0 Å². The zero-order valence-electron chi connectivity index (χ0n) is 10.7. The lowest BCUT2D eigenvalue weighted by atomic mass is 10.3. The van der Waals surface area contributed by atoms with Crippen LogP contribution in [-0.2, 0) is 11.8 Å². The van der Waals surface area contributed by atoms with Crippen molar-refractivity contribution >= 4 is 5.91 Å². The number of carbonyl (C=O) groups is 1. The second kappa shape index (κ2) is 4.72. The number of likely N-dealkylation sites (tertiary alicyclic amines) is 1. The maximum atomic E-state index is 12.2. The molecular formula is C13H19N3O2. The van der Waals surface area contributed by atoms with Crippen molar-refractivity contribution in [3.8, 4) is 0 Å². The van der Waals surface area contributed by atoms with Gasteiger partial charge in [-0.3, -0.25) is 9.48 Å². The van der Waals surface area contributed by atoms with Crippen LogP contribution in [0.3, 0.4) is 0 Å². The Morgan fingerprint density at radius 2 is 2.33 bits per heavy atom. The Kier molecular flexibility index (Phi) is 3.07. The van der Waals surface area contributed by atoms with E-state index in [9.17, 15) is 4.79 Å². The van der Waals surface area contributed by atoms with Crippen molar-refractivity contribution in [2.24, 2.45) is 13.0 Å². The fraction of sp³-hybridized carbons (Fsp3) is 0.692. The Labute approximate surface area is 107 Å². The fourth-order valence-electron chi connectivity index (χ4n) is 2.35. The van der Waals surface area contributed by atoms with Gasteiger partial charge in [-0.05, 0) is 31.2 Å².